The van der Waals surface area contributed by atoms with Crippen LogP contribution in [-0.2, 0) is 4.79 Å². The second-order valence-corrected chi connectivity index (χ2v) is 4.98. The number of benzene rings is 2. The van der Waals surface area contributed by atoms with Crippen molar-refractivity contribution in [3.63, 3.8) is 0 Å². The van der Waals surface area contributed by atoms with E-state index in [1.807, 2.05) is 6.92 Å². The molecular formula is C16H15ClN2O3. The van der Waals surface area contributed by atoms with Crippen LogP contribution >= 0.6 is 11.6 Å². The zero-order chi connectivity index (χ0) is 15.9. The lowest BCUT2D eigenvalue weighted by Crippen LogP contribution is -2.43. The van der Waals surface area contributed by atoms with Crippen LogP contribution in [0.15, 0.2) is 48.5 Å². The lowest BCUT2D eigenvalue weighted by atomic mass is 10.2. The van der Waals surface area contributed by atoms with Crippen molar-refractivity contribution in [2.75, 3.05) is 6.61 Å². The third-order valence-electron chi connectivity index (χ3n) is 2.85. The number of aryl methyl sites for hydroxylation is 1. The van der Waals surface area contributed by atoms with Gasteiger partial charge in [0.05, 0.1) is 0 Å². The minimum Gasteiger partial charge on any atom is -0.484 e. The summed E-state index contributed by atoms with van der Waals surface area (Å²) in [6.45, 7) is 1.63. The zero-order valence-corrected chi connectivity index (χ0v) is 12.7. The second-order valence-electron chi connectivity index (χ2n) is 4.57. The van der Waals surface area contributed by atoms with Crippen LogP contribution in [0.1, 0.15) is 15.9 Å². The van der Waals surface area contributed by atoms with Gasteiger partial charge in [0.15, 0.2) is 6.61 Å². The highest BCUT2D eigenvalue weighted by molar-refractivity contribution is 6.31. The SMILES string of the molecule is Cc1cc(OCC(=O)NNC(=O)c2ccccc2)ccc1Cl. The first-order chi connectivity index (χ1) is 10.6. The number of hydrogen-bond donors (Lipinski definition) is 2. The number of hydrogen-bond acceptors (Lipinski definition) is 3. The van der Waals surface area contributed by atoms with Crippen LogP contribution < -0.4 is 15.6 Å². The van der Waals surface area contributed by atoms with Crippen LogP contribution in [0.25, 0.3) is 0 Å². The van der Waals surface area contributed by atoms with Gasteiger partial charge in [-0.05, 0) is 42.8 Å². The molecule has 0 radical (unpaired) electrons. The number of rotatable bonds is 4. The molecule has 6 heteroatoms. The van der Waals surface area contributed by atoms with Gasteiger partial charge < -0.3 is 4.74 Å². The van der Waals surface area contributed by atoms with Gasteiger partial charge in [0, 0.05) is 10.6 Å². The first kappa shape index (κ1) is 15.9. The molecule has 5 nitrogen and oxygen atoms in total. The number of carbonyl (C=O) groups is 2. The standard InChI is InChI=1S/C16H15ClN2O3/c1-11-9-13(7-8-14(11)17)22-10-15(20)18-19-16(21)12-5-3-2-4-6-12/h2-9H,10H2,1H3,(H,18,20)(H,19,21). The summed E-state index contributed by atoms with van der Waals surface area (Å²) in [7, 11) is 0. The summed E-state index contributed by atoms with van der Waals surface area (Å²) >= 11 is 5.90. The summed E-state index contributed by atoms with van der Waals surface area (Å²) in [4.78, 5) is 23.4. The summed E-state index contributed by atoms with van der Waals surface area (Å²) in [6, 6.07) is 13.7. The maximum absolute atomic E-state index is 11.7. The molecule has 114 valence electrons. The van der Waals surface area contributed by atoms with Crippen LogP contribution in [0.3, 0.4) is 0 Å². The molecule has 0 unspecified atom stereocenters. The van der Waals surface area contributed by atoms with Crippen molar-refractivity contribution in [3.8, 4) is 5.75 Å². The zero-order valence-electron chi connectivity index (χ0n) is 11.9. The van der Waals surface area contributed by atoms with E-state index in [0.29, 0.717) is 16.3 Å². The molecule has 2 amide bonds. The molecular weight excluding hydrogens is 304 g/mol. The first-order valence-corrected chi connectivity index (χ1v) is 6.97. The maximum Gasteiger partial charge on any atom is 0.276 e. The van der Waals surface area contributed by atoms with E-state index in [2.05, 4.69) is 10.9 Å². The van der Waals surface area contributed by atoms with Crippen LogP contribution in [0.4, 0.5) is 0 Å². The van der Waals surface area contributed by atoms with Crippen LogP contribution in [0.5, 0.6) is 5.75 Å². The van der Waals surface area contributed by atoms with Gasteiger partial charge in [-0.2, -0.15) is 0 Å². The molecule has 0 aliphatic rings. The molecule has 2 N–H and O–H groups in total. The fraction of sp³-hybridized carbons (Fsp3) is 0.125. The Balaban J connectivity index is 1.78. The third-order valence-corrected chi connectivity index (χ3v) is 3.27. The van der Waals surface area contributed by atoms with Gasteiger partial charge in [0.2, 0.25) is 0 Å². The van der Waals surface area contributed by atoms with Crippen molar-refractivity contribution in [1.82, 2.24) is 10.9 Å². The molecule has 0 saturated heterocycles. The number of ether oxygens (including phenoxy) is 1. The Hall–Kier alpha value is -2.53. The predicted molar refractivity (Wildman–Crippen MR) is 83.7 cm³/mol. The van der Waals surface area contributed by atoms with Crippen molar-refractivity contribution in [1.29, 1.82) is 0 Å². The second kappa shape index (κ2) is 7.47. The van der Waals surface area contributed by atoms with E-state index in [9.17, 15) is 9.59 Å². The Morgan fingerprint density at radius 2 is 1.82 bits per heavy atom. The lowest BCUT2D eigenvalue weighted by Gasteiger charge is -2.09. The van der Waals surface area contributed by atoms with Gasteiger partial charge in [0.1, 0.15) is 5.75 Å². The number of amides is 2. The fourth-order valence-corrected chi connectivity index (χ4v) is 1.80. The first-order valence-electron chi connectivity index (χ1n) is 6.59. The molecule has 2 aromatic rings. The molecule has 2 aromatic carbocycles. The highest BCUT2D eigenvalue weighted by atomic mass is 35.5. The van der Waals surface area contributed by atoms with Crippen molar-refractivity contribution in [3.05, 3.63) is 64.7 Å². The summed E-state index contributed by atoms with van der Waals surface area (Å²) in [6.07, 6.45) is 0. The molecule has 0 aliphatic heterocycles. The molecule has 22 heavy (non-hydrogen) atoms. The molecule has 0 bridgehead atoms. The van der Waals surface area contributed by atoms with Gasteiger partial charge in [0.25, 0.3) is 11.8 Å². The average Bonchev–Trinajstić information content (AvgIpc) is 2.54. The summed E-state index contributed by atoms with van der Waals surface area (Å²) in [5.74, 6) is -0.320. The maximum atomic E-state index is 11.7. The largest absolute Gasteiger partial charge is 0.484 e. The Labute approximate surface area is 133 Å². The van der Waals surface area contributed by atoms with E-state index < -0.39 is 11.8 Å². The average molecular weight is 319 g/mol. The predicted octanol–water partition coefficient (Wildman–Crippen LogP) is 2.49. The smallest absolute Gasteiger partial charge is 0.276 e. The number of hydrazine groups is 1. The van der Waals surface area contributed by atoms with E-state index in [-0.39, 0.29) is 6.61 Å². The summed E-state index contributed by atoms with van der Waals surface area (Å²) in [5.41, 5.74) is 5.92. The molecule has 0 saturated carbocycles. The Bertz CT molecular complexity index is 674. The Kier molecular flexibility index (Phi) is 5.38. The molecule has 0 fully saturated rings. The normalized spacial score (nSPS) is 9.91. The lowest BCUT2D eigenvalue weighted by molar-refractivity contribution is -0.123. The molecule has 2 rings (SSSR count). The molecule has 0 aromatic heterocycles. The minimum atomic E-state index is -0.461. The molecule has 0 aliphatic carbocycles. The fourth-order valence-electron chi connectivity index (χ4n) is 1.68. The van der Waals surface area contributed by atoms with E-state index in [1.165, 1.54) is 0 Å². The van der Waals surface area contributed by atoms with E-state index in [0.717, 1.165) is 5.56 Å². The van der Waals surface area contributed by atoms with E-state index in [1.54, 1.807) is 48.5 Å². The van der Waals surface area contributed by atoms with Crippen molar-refractivity contribution >= 4 is 23.4 Å². The number of carbonyl (C=O) groups excluding carboxylic acids is 2. The van der Waals surface area contributed by atoms with Gasteiger partial charge >= 0.3 is 0 Å². The van der Waals surface area contributed by atoms with E-state index >= 15 is 0 Å². The van der Waals surface area contributed by atoms with Crippen molar-refractivity contribution in [2.24, 2.45) is 0 Å². The van der Waals surface area contributed by atoms with Gasteiger partial charge in [-0.3, -0.25) is 20.4 Å². The number of nitrogens with one attached hydrogen (secondary N) is 2. The minimum absolute atomic E-state index is 0.212. The summed E-state index contributed by atoms with van der Waals surface area (Å²) < 4.78 is 5.32. The van der Waals surface area contributed by atoms with Crippen molar-refractivity contribution < 1.29 is 14.3 Å². The van der Waals surface area contributed by atoms with Crippen LogP contribution in [0, 0.1) is 6.92 Å². The Morgan fingerprint density at radius 1 is 1.09 bits per heavy atom. The highest BCUT2D eigenvalue weighted by Gasteiger charge is 2.07. The van der Waals surface area contributed by atoms with Crippen LogP contribution in [-0.4, -0.2) is 18.4 Å². The molecule has 0 heterocycles. The highest BCUT2D eigenvalue weighted by Crippen LogP contribution is 2.20. The Morgan fingerprint density at radius 3 is 2.50 bits per heavy atom. The summed E-state index contributed by atoms with van der Waals surface area (Å²) in [5, 5.41) is 0.631. The molecule has 0 atom stereocenters. The van der Waals surface area contributed by atoms with Gasteiger partial charge in [-0.1, -0.05) is 29.8 Å². The van der Waals surface area contributed by atoms with Gasteiger partial charge in [-0.15, -0.1) is 0 Å². The quantitative estimate of drug-likeness (QED) is 0.851. The topological polar surface area (TPSA) is 67.4 Å². The molecule has 0 spiro atoms. The monoisotopic (exact) mass is 318 g/mol. The van der Waals surface area contributed by atoms with E-state index in [4.69, 9.17) is 16.3 Å². The number of halogens is 1. The third kappa shape index (κ3) is 4.49. The van der Waals surface area contributed by atoms with Crippen molar-refractivity contribution in [2.45, 2.75) is 6.92 Å². The van der Waals surface area contributed by atoms with Crippen LogP contribution in [0.2, 0.25) is 5.02 Å². The van der Waals surface area contributed by atoms with Gasteiger partial charge in [-0.25, -0.2) is 0 Å².